The van der Waals surface area contributed by atoms with Crippen molar-refractivity contribution in [1.82, 2.24) is 24.2 Å². The van der Waals surface area contributed by atoms with Crippen LogP contribution in [0.4, 0.5) is 0 Å². The lowest BCUT2D eigenvalue weighted by molar-refractivity contribution is 0.273. The number of hydrogen-bond donors (Lipinski definition) is 0. The average Bonchev–Trinajstić information content (AvgIpc) is 3.45. The highest BCUT2D eigenvalue weighted by Gasteiger charge is 2.47. The van der Waals surface area contributed by atoms with E-state index in [1.807, 2.05) is 24.4 Å². The van der Waals surface area contributed by atoms with E-state index in [0.717, 1.165) is 54.8 Å². The minimum Gasteiger partial charge on any atom is -0.468 e. The molecule has 1 saturated heterocycles. The highest BCUT2D eigenvalue weighted by atomic mass is 32.1. The molecule has 0 amide bonds. The Labute approximate surface area is 165 Å². The second-order valence-corrected chi connectivity index (χ2v) is 8.73. The Balaban J connectivity index is 1.47. The number of hydrogen-bond acceptors (Lipinski definition) is 7. The molecule has 2 aliphatic heterocycles. The molecule has 0 radical (unpaired) electrons. The molecule has 5 rings (SSSR count). The van der Waals surface area contributed by atoms with Gasteiger partial charge < -0.3 is 4.42 Å². The van der Waals surface area contributed by atoms with Crippen molar-refractivity contribution in [2.45, 2.75) is 44.8 Å². The molecule has 0 aromatic carbocycles. The molecule has 5 heterocycles. The van der Waals surface area contributed by atoms with Crippen LogP contribution in [0, 0.1) is 6.92 Å². The van der Waals surface area contributed by atoms with Gasteiger partial charge in [-0.1, -0.05) is 0 Å². The number of likely N-dealkylation sites (tertiary alicyclic amines) is 1. The Kier molecular flexibility index (Phi) is 4.09. The smallest absolute Gasteiger partial charge is 0.332 e. The molecule has 8 nitrogen and oxygen atoms in total. The van der Waals surface area contributed by atoms with Gasteiger partial charge in [0.1, 0.15) is 11.6 Å². The molecule has 0 saturated carbocycles. The molecular formula is C19H21N5O3S. The zero-order chi connectivity index (χ0) is 19.3. The maximum absolute atomic E-state index is 12.7. The van der Waals surface area contributed by atoms with Crippen molar-refractivity contribution in [2.24, 2.45) is 0 Å². The van der Waals surface area contributed by atoms with E-state index >= 15 is 0 Å². The van der Waals surface area contributed by atoms with Crippen LogP contribution in [0.5, 0.6) is 0 Å². The summed E-state index contributed by atoms with van der Waals surface area (Å²) in [5.41, 5.74) is -0.464. The molecule has 2 aliphatic rings. The lowest BCUT2D eigenvalue weighted by atomic mass is 9.85. The highest BCUT2D eigenvalue weighted by Crippen LogP contribution is 2.40. The van der Waals surface area contributed by atoms with Crippen LogP contribution < -0.4 is 11.1 Å². The SMILES string of the molecule is Cc1nc(Cn2nc3n(c(=O)c2=O)CC[C@@]32CCN(Cc3ccco3)C2)cs1. The molecule has 1 spiro atoms. The Morgan fingerprint density at radius 1 is 1.21 bits per heavy atom. The van der Waals surface area contributed by atoms with Crippen LogP contribution in [-0.4, -0.2) is 37.3 Å². The molecule has 9 heteroatoms. The third kappa shape index (κ3) is 2.85. The maximum Gasteiger partial charge on any atom is 0.332 e. The topological polar surface area (TPSA) is 86.2 Å². The van der Waals surface area contributed by atoms with E-state index in [9.17, 15) is 9.59 Å². The Bertz CT molecular complexity index is 1130. The van der Waals surface area contributed by atoms with Crippen LogP contribution in [0.3, 0.4) is 0 Å². The first-order valence-electron chi connectivity index (χ1n) is 9.42. The molecule has 0 bridgehead atoms. The van der Waals surface area contributed by atoms with Crippen molar-refractivity contribution in [2.75, 3.05) is 13.1 Å². The molecule has 0 unspecified atom stereocenters. The lowest BCUT2D eigenvalue weighted by Gasteiger charge is -2.23. The molecular weight excluding hydrogens is 378 g/mol. The first-order chi connectivity index (χ1) is 13.5. The fourth-order valence-corrected chi connectivity index (χ4v) is 5.02. The summed E-state index contributed by atoms with van der Waals surface area (Å²) in [6.07, 6.45) is 3.45. The first kappa shape index (κ1) is 17.6. The highest BCUT2D eigenvalue weighted by molar-refractivity contribution is 7.09. The van der Waals surface area contributed by atoms with Crippen molar-refractivity contribution in [1.29, 1.82) is 0 Å². The monoisotopic (exact) mass is 399 g/mol. The summed E-state index contributed by atoms with van der Waals surface area (Å²) in [6, 6.07) is 3.87. The second-order valence-electron chi connectivity index (χ2n) is 7.67. The van der Waals surface area contributed by atoms with Gasteiger partial charge in [-0.3, -0.25) is 19.1 Å². The van der Waals surface area contributed by atoms with Crippen LogP contribution in [0.15, 0.2) is 37.8 Å². The van der Waals surface area contributed by atoms with E-state index in [4.69, 9.17) is 4.42 Å². The normalized spacial score (nSPS) is 21.6. The van der Waals surface area contributed by atoms with Gasteiger partial charge in [-0.2, -0.15) is 5.10 Å². The van der Waals surface area contributed by atoms with Crippen molar-refractivity contribution < 1.29 is 4.42 Å². The van der Waals surface area contributed by atoms with Crippen molar-refractivity contribution in [3.63, 3.8) is 0 Å². The summed E-state index contributed by atoms with van der Waals surface area (Å²) >= 11 is 1.53. The number of rotatable bonds is 4. The Morgan fingerprint density at radius 2 is 2.07 bits per heavy atom. The van der Waals surface area contributed by atoms with Gasteiger partial charge >= 0.3 is 11.1 Å². The van der Waals surface area contributed by atoms with E-state index in [2.05, 4.69) is 15.0 Å². The Morgan fingerprint density at radius 3 is 2.82 bits per heavy atom. The molecule has 0 aliphatic carbocycles. The van der Waals surface area contributed by atoms with E-state index < -0.39 is 11.1 Å². The number of fused-ring (bicyclic) bond motifs is 2. The van der Waals surface area contributed by atoms with Gasteiger partial charge in [-0.05, 0) is 38.4 Å². The standard InChI is InChI=1S/C19H21N5O3S/c1-13-20-14(11-28-13)9-24-17(26)16(25)23-7-5-19(18(23)21-24)4-6-22(12-19)10-15-3-2-8-27-15/h2-3,8,11H,4-7,9-10,12H2,1H3/t19-/m1/s1. The predicted molar refractivity (Wildman–Crippen MR) is 104 cm³/mol. The van der Waals surface area contributed by atoms with Crippen molar-refractivity contribution >= 4 is 11.3 Å². The summed E-state index contributed by atoms with van der Waals surface area (Å²) in [7, 11) is 0. The van der Waals surface area contributed by atoms with Crippen molar-refractivity contribution in [3.8, 4) is 0 Å². The third-order valence-electron chi connectivity index (χ3n) is 5.79. The number of aromatic nitrogens is 4. The van der Waals surface area contributed by atoms with Crippen LogP contribution >= 0.6 is 11.3 Å². The van der Waals surface area contributed by atoms with E-state index in [1.165, 1.54) is 16.0 Å². The van der Waals surface area contributed by atoms with Gasteiger partial charge in [0, 0.05) is 23.9 Å². The first-order valence-corrected chi connectivity index (χ1v) is 10.3. The summed E-state index contributed by atoms with van der Waals surface area (Å²) in [6.45, 7) is 5.19. The van der Waals surface area contributed by atoms with Gasteiger partial charge in [0.15, 0.2) is 0 Å². The second kappa shape index (κ2) is 6.52. The van der Waals surface area contributed by atoms with Gasteiger partial charge in [0.25, 0.3) is 0 Å². The van der Waals surface area contributed by atoms with Crippen LogP contribution in [0.2, 0.25) is 0 Å². The maximum atomic E-state index is 12.7. The van der Waals surface area contributed by atoms with E-state index in [-0.39, 0.29) is 12.0 Å². The number of nitrogens with zero attached hydrogens (tertiary/aromatic N) is 5. The fourth-order valence-electron chi connectivity index (χ4n) is 4.42. The minimum atomic E-state index is -0.572. The summed E-state index contributed by atoms with van der Waals surface area (Å²) in [5, 5.41) is 7.51. The molecule has 146 valence electrons. The number of thiazole rings is 1. The lowest BCUT2D eigenvalue weighted by Crippen LogP contribution is -2.45. The molecule has 3 aromatic rings. The third-order valence-corrected chi connectivity index (χ3v) is 6.62. The van der Waals surface area contributed by atoms with Crippen LogP contribution in [-0.2, 0) is 25.0 Å². The Hall–Kier alpha value is -2.52. The van der Waals surface area contributed by atoms with Gasteiger partial charge in [0.05, 0.1) is 30.1 Å². The zero-order valence-corrected chi connectivity index (χ0v) is 16.4. The molecule has 1 atom stereocenters. The molecule has 28 heavy (non-hydrogen) atoms. The van der Waals surface area contributed by atoms with E-state index in [0.29, 0.717) is 6.54 Å². The predicted octanol–water partition coefficient (Wildman–Crippen LogP) is 1.36. The van der Waals surface area contributed by atoms with E-state index in [1.54, 1.807) is 10.8 Å². The van der Waals surface area contributed by atoms with Crippen LogP contribution in [0.25, 0.3) is 0 Å². The fraction of sp³-hybridized carbons (Fsp3) is 0.474. The summed E-state index contributed by atoms with van der Waals surface area (Å²) in [4.78, 5) is 32.0. The molecule has 3 aromatic heterocycles. The van der Waals surface area contributed by atoms with Crippen LogP contribution in [0.1, 0.15) is 35.1 Å². The number of furan rings is 1. The quantitative estimate of drug-likeness (QED) is 0.616. The number of aryl methyl sites for hydroxylation is 1. The van der Waals surface area contributed by atoms with Gasteiger partial charge in [-0.25, -0.2) is 9.67 Å². The minimum absolute atomic E-state index is 0.181. The zero-order valence-electron chi connectivity index (χ0n) is 15.6. The molecule has 0 N–H and O–H groups in total. The summed E-state index contributed by atoms with van der Waals surface area (Å²) < 4.78 is 8.36. The van der Waals surface area contributed by atoms with Gasteiger partial charge in [-0.15, -0.1) is 11.3 Å². The average molecular weight is 399 g/mol. The molecule has 1 fully saturated rings. The largest absolute Gasteiger partial charge is 0.468 e. The van der Waals surface area contributed by atoms with Gasteiger partial charge in [0.2, 0.25) is 0 Å². The summed E-state index contributed by atoms with van der Waals surface area (Å²) in [5.74, 6) is 1.68. The van der Waals surface area contributed by atoms with Crippen molar-refractivity contribution in [3.05, 3.63) is 66.8 Å².